The molecule has 1 saturated heterocycles. The molecule has 1 aromatic rings. The maximum atomic E-state index is 12.1. The topological polar surface area (TPSA) is 73.9 Å². The minimum atomic E-state index is -0.683. The second-order valence-electron chi connectivity index (χ2n) is 5.89. The van der Waals surface area contributed by atoms with Gasteiger partial charge in [0.25, 0.3) is 5.91 Å². The lowest BCUT2D eigenvalue weighted by Gasteiger charge is -2.36. The van der Waals surface area contributed by atoms with Crippen molar-refractivity contribution in [1.29, 1.82) is 0 Å². The molecule has 2 rings (SSSR count). The van der Waals surface area contributed by atoms with Crippen LogP contribution in [0.25, 0.3) is 0 Å². The molecule has 0 aromatic heterocycles. The predicted molar refractivity (Wildman–Crippen MR) is 91.7 cm³/mol. The number of piperazine rings is 1. The highest BCUT2D eigenvalue weighted by Gasteiger charge is 2.28. The molecule has 1 aliphatic rings. The summed E-state index contributed by atoms with van der Waals surface area (Å²) < 4.78 is 5.04. The van der Waals surface area contributed by atoms with E-state index in [1.165, 1.54) is 0 Å². The average molecular weight is 355 g/mol. The molecule has 0 radical (unpaired) electrons. The standard InChI is InChI=1S/C16H23ClN4O3/c1-20-7-8-21(2)14(11-20)15(22)18-19-16(23)24-9-6-12-4-3-5-13(17)10-12/h3-5,10,14H,6-9,11H2,1-2H3,(H,18,22)(H,19,23). The van der Waals surface area contributed by atoms with Crippen LogP contribution < -0.4 is 10.9 Å². The number of nitrogens with zero attached hydrogens (tertiary/aromatic N) is 2. The number of likely N-dealkylation sites (N-methyl/N-ethyl adjacent to an activating group) is 2. The third-order valence-corrected chi connectivity index (χ3v) is 4.19. The lowest BCUT2D eigenvalue weighted by molar-refractivity contribution is -0.128. The third kappa shape index (κ3) is 5.67. The van der Waals surface area contributed by atoms with Crippen LogP contribution in [0.2, 0.25) is 5.02 Å². The highest BCUT2D eigenvalue weighted by molar-refractivity contribution is 6.30. The van der Waals surface area contributed by atoms with Crippen LogP contribution >= 0.6 is 11.6 Å². The van der Waals surface area contributed by atoms with Gasteiger partial charge in [-0.1, -0.05) is 23.7 Å². The van der Waals surface area contributed by atoms with Crippen LogP contribution in [0.15, 0.2) is 24.3 Å². The van der Waals surface area contributed by atoms with Gasteiger partial charge >= 0.3 is 6.09 Å². The quantitative estimate of drug-likeness (QED) is 0.785. The third-order valence-electron chi connectivity index (χ3n) is 3.95. The van der Waals surface area contributed by atoms with Gasteiger partial charge in [0.1, 0.15) is 6.04 Å². The summed E-state index contributed by atoms with van der Waals surface area (Å²) in [5.74, 6) is -0.254. The van der Waals surface area contributed by atoms with Crippen molar-refractivity contribution in [2.24, 2.45) is 0 Å². The molecular formula is C16H23ClN4O3. The van der Waals surface area contributed by atoms with Gasteiger partial charge in [-0.2, -0.15) is 0 Å². The number of halogens is 1. The Bertz CT molecular complexity index is 584. The van der Waals surface area contributed by atoms with Crippen LogP contribution in [0.3, 0.4) is 0 Å². The number of benzene rings is 1. The lowest BCUT2D eigenvalue weighted by Crippen LogP contribution is -2.59. The van der Waals surface area contributed by atoms with Crippen molar-refractivity contribution in [3.05, 3.63) is 34.9 Å². The zero-order valence-corrected chi connectivity index (χ0v) is 14.7. The fourth-order valence-corrected chi connectivity index (χ4v) is 2.69. The van der Waals surface area contributed by atoms with Gasteiger partial charge in [0, 0.05) is 31.1 Å². The molecule has 2 amide bonds. The molecule has 0 bridgehead atoms. The summed E-state index contributed by atoms with van der Waals surface area (Å²) in [6, 6.07) is 7.06. The maximum Gasteiger partial charge on any atom is 0.426 e. The van der Waals surface area contributed by atoms with Gasteiger partial charge in [0.05, 0.1) is 6.61 Å². The second-order valence-corrected chi connectivity index (χ2v) is 6.33. The fraction of sp³-hybridized carbons (Fsp3) is 0.500. The molecule has 1 aliphatic heterocycles. The maximum absolute atomic E-state index is 12.1. The van der Waals surface area contributed by atoms with E-state index in [1.807, 2.05) is 37.2 Å². The Hall–Kier alpha value is -1.83. The van der Waals surface area contributed by atoms with Crippen molar-refractivity contribution in [1.82, 2.24) is 20.7 Å². The van der Waals surface area contributed by atoms with Gasteiger partial charge in [0.2, 0.25) is 0 Å². The highest BCUT2D eigenvalue weighted by Crippen LogP contribution is 2.11. The summed E-state index contributed by atoms with van der Waals surface area (Å²) in [7, 11) is 3.85. The number of rotatable bonds is 4. The lowest BCUT2D eigenvalue weighted by atomic mass is 10.2. The van der Waals surface area contributed by atoms with Crippen molar-refractivity contribution in [2.75, 3.05) is 40.3 Å². The first kappa shape index (κ1) is 18.5. The summed E-state index contributed by atoms with van der Waals surface area (Å²) in [5.41, 5.74) is 5.67. The molecule has 1 heterocycles. The van der Waals surface area contributed by atoms with E-state index in [1.54, 1.807) is 6.07 Å². The Kier molecular flexibility index (Phi) is 6.84. The van der Waals surface area contributed by atoms with E-state index >= 15 is 0 Å². The number of hydrazine groups is 1. The first-order chi connectivity index (χ1) is 11.5. The van der Waals surface area contributed by atoms with Crippen molar-refractivity contribution in [2.45, 2.75) is 12.5 Å². The molecule has 1 unspecified atom stereocenters. The number of hydrogen-bond acceptors (Lipinski definition) is 5. The molecule has 1 atom stereocenters. The molecule has 0 aliphatic carbocycles. The molecule has 8 heteroatoms. The van der Waals surface area contributed by atoms with Crippen LogP contribution in [0, 0.1) is 0 Å². The summed E-state index contributed by atoms with van der Waals surface area (Å²) >= 11 is 5.89. The minimum Gasteiger partial charge on any atom is -0.448 e. The van der Waals surface area contributed by atoms with Crippen LogP contribution in [0.4, 0.5) is 4.79 Å². The van der Waals surface area contributed by atoms with Crippen molar-refractivity contribution < 1.29 is 14.3 Å². The molecule has 0 spiro atoms. The van der Waals surface area contributed by atoms with E-state index in [0.29, 0.717) is 18.0 Å². The largest absolute Gasteiger partial charge is 0.448 e. The molecule has 132 valence electrons. The smallest absolute Gasteiger partial charge is 0.426 e. The van der Waals surface area contributed by atoms with Crippen molar-refractivity contribution in [3.8, 4) is 0 Å². The van der Waals surface area contributed by atoms with E-state index in [9.17, 15) is 9.59 Å². The first-order valence-corrected chi connectivity index (χ1v) is 8.19. The van der Waals surface area contributed by atoms with E-state index in [4.69, 9.17) is 16.3 Å². The van der Waals surface area contributed by atoms with Crippen LogP contribution in [0.5, 0.6) is 0 Å². The highest BCUT2D eigenvalue weighted by atomic mass is 35.5. The van der Waals surface area contributed by atoms with E-state index < -0.39 is 6.09 Å². The Balaban J connectivity index is 1.68. The number of carbonyl (C=O) groups excluding carboxylic acids is 2. The predicted octanol–water partition coefficient (Wildman–Crippen LogP) is 0.886. The van der Waals surface area contributed by atoms with E-state index in [-0.39, 0.29) is 18.6 Å². The van der Waals surface area contributed by atoms with Crippen molar-refractivity contribution >= 4 is 23.6 Å². The van der Waals surface area contributed by atoms with Crippen LogP contribution in [0.1, 0.15) is 5.56 Å². The van der Waals surface area contributed by atoms with Gasteiger partial charge < -0.3 is 9.64 Å². The summed E-state index contributed by atoms with van der Waals surface area (Å²) in [4.78, 5) is 27.8. The zero-order valence-electron chi connectivity index (χ0n) is 13.9. The monoisotopic (exact) mass is 354 g/mol. The SMILES string of the molecule is CN1CCN(C)C(C(=O)NNC(=O)OCCc2cccc(Cl)c2)C1. The van der Waals surface area contributed by atoms with Crippen LogP contribution in [-0.2, 0) is 16.0 Å². The Morgan fingerprint density at radius 2 is 2.08 bits per heavy atom. The second kappa shape index (κ2) is 8.86. The summed E-state index contributed by atoms with van der Waals surface area (Å²) in [6.45, 7) is 2.54. The van der Waals surface area contributed by atoms with Gasteiger partial charge in [-0.25, -0.2) is 10.2 Å². The normalized spacial score (nSPS) is 18.9. The molecule has 1 aromatic carbocycles. The number of hydrogen-bond donors (Lipinski definition) is 2. The van der Waals surface area contributed by atoms with Gasteiger partial charge in [-0.3, -0.25) is 15.1 Å². The Morgan fingerprint density at radius 3 is 2.83 bits per heavy atom. The Labute approximate surface area is 146 Å². The molecule has 0 saturated carbocycles. The number of ether oxygens (including phenoxy) is 1. The average Bonchev–Trinajstić information content (AvgIpc) is 2.55. The Morgan fingerprint density at radius 1 is 1.29 bits per heavy atom. The first-order valence-electron chi connectivity index (χ1n) is 7.81. The fourth-order valence-electron chi connectivity index (χ4n) is 2.48. The number of amides is 2. The molecule has 7 nitrogen and oxygen atoms in total. The van der Waals surface area contributed by atoms with E-state index in [0.717, 1.165) is 18.7 Å². The number of nitrogens with one attached hydrogen (secondary N) is 2. The number of carbonyl (C=O) groups is 2. The van der Waals surface area contributed by atoms with Gasteiger partial charge in [-0.05, 0) is 31.8 Å². The molecular weight excluding hydrogens is 332 g/mol. The minimum absolute atomic E-state index is 0.202. The van der Waals surface area contributed by atoms with Gasteiger partial charge in [0.15, 0.2) is 0 Å². The molecule has 2 N–H and O–H groups in total. The van der Waals surface area contributed by atoms with Crippen LogP contribution in [-0.4, -0.2) is 68.2 Å². The van der Waals surface area contributed by atoms with E-state index in [2.05, 4.69) is 15.8 Å². The van der Waals surface area contributed by atoms with Gasteiger partial charge in [-0.15, -0.1) is 0 Å². The molecule has 24 heavy (non-hydrogen) atoms. The summed E-state index contributed by atoms with van der Waals surface area (Å²) in [5, 5.41) is 0.644. The summed E-state index contributed by atoms with van der Waals surface area (Å²) in [6.07, 6.45) is -0.129. The van der Waals surface area contributed by atoms with Crippen molar-refractivity contribution in [3.63, 3.8) is 0 Å². The zero-order chi connectivity index (χ0) is 17.5. The molecule has 1 fully saturated rings.